The number of aliphatic hydroxyl groups excluding tert-OH is 1. The minimum Gasteiger partial charge on any atom is -0.618 e. The van der Waals surface area contributed by atoms with Gasteiger partial charge in [0, 0.05) is 36.4 Å². The molecule has 37 heavy (non-hydrogen) atoms. The Balaban J connectivity index is 1.46. The lowest BCUT2D eigenvalue weighted by atomic mass is 10.0. The number of ether oxygens (including phenoxy) is 3. The third-order valence-corrected chi connectivity index (χ3v) is 6.99. The van der Waals surface area contributed by atoms with Crippen molar-refractivity contribution < 1.29 is 28.8 Å². The van der Waals surface area contributed by atoms with Crippen molar-refractivity contribution in [3.05, 3.63) is 113 Å². The number of carbonyl (C=O) groups is 1. The smallest absolute Gasteiger partial charge is 0.407 e. The fraction of sp³-hybridized carbons (Fsp3) is 0.286. The molecule has 0 saturated carbocycles. The van der Waals surface area contributed by atoms with Crippen LogP contribution in [0.15, 0.2) is 90.6 Å². The fourth-order valence-corrected chi connectivity index (χ4v) is 4.81. The molecule has 3 atom stereocenters. The number of benzene rings is 2. The van der Waals surface area contributed by atoms with Crippen LogP contribution in [0, 0.1) is 5.21 Å². The summed E-state index contributed by atoms with van der Waals surface area (Å²) in [7, 11) is 0. The highest BCUT2D eigenvalue weighted by atomic mass is 32.2. The Morgan fingerprint density at radius 3 is 2.54 bits per heavy atom. The molecule has 1 fully saturated rings. The molecule has 0 radical (unpaired) electrons. The Morgan fingerprint density at radius 2 is 1.84 bits per heavy atom. The lowest BCUT2D eigenvalue weighted by Gasteiger charge is -2.36. The minimum atomic E-state index is -0.600. The Hall–Kier alpha value is -3.37. The van der Waals surface area contributed by atoms with Crippen LogP contribution in [-0.4, -0.2) is 29.7 Å². The van der Waals surface area contributed by atoms with Crippen LogP contribution in [0.3, 0.4) is 0 Å². The minimum absolute atomic E-state index is 0.0176. The average Bonchev–Trinajstić information content (AvgIpc) is 2.94. The number of nitrogens with zero attached hydrogens (tertiary/aromatic N) is 1. The Labute approximate surface area is 220 Å². The third kappa shape index (κ3) is 7.56. The molecule has 1 aliphatic heterocycles. The molecule has 8 nitrogen and oxygen atoms in total. The van der Waals surface area contributed by atoms with Gasteiger partial charge in [-0.2, -0.15) is 4.73 Å². The molecule has 194 valence electrons. The van der Waals surface area contributed by atoms with E-state index in [-0.39, 0.29) is 25.4 Å². The molecule has 2 heterocycles. The summed E-state index contributed by atoms with van der Waals surface area (Å²) in [6.45, 7) is 3.98. The van der Waals surface area contributed by atoms with Gasteiger partial charge in [-0.05, 0) is 22.8 Å². The van der Waals surface area contributed by atoms with Crippen molar-refractivity contribution in [2.75, 3.05) is 12.4 Å². The van der Waals surface area contributed by atoms with Gasteiger partial charge in [0.2, 0.25) is 0 Å². The summed E-state index contributed by atoms with van der Waals surface area (Å²) in [5.41, 5.74) is 3.59. The quantitative estimate of drug-likeness (QED) is 0.174. The molecular formula is C28H30N2O6S. The van der Waals surface area contributed by atoms with Crippen molar-refractivity contribution in [3.63, 3.8) is 0 Å². The first kappa shape index (κ1) is 26.7. The molecule has 0 spiro atoms. The van der Waals surface area contributed by atoms with E-state index in [4.69, 9.17) is 14.2 Å². The molecule has 9 heteroatoms. The van der Waals surface area contributed by atoms with E-state index >= 15 is 0 Å². The van der Waals surface area contributed by atoms with Crippen LogP contribution in [-0.2, 0) is 27.4 Å². The highest BCUT2D eigenvalue weighted by molar-refractivity contribution is 7.99. The Kier molecular flexibility index (Phi) is 9.56. The zero-order chi connectivity index (χ0) is 26.0. The standard InChI is InChI=1S/C28H30N2O6S/c1-2-15-34-28(32)29-17-20-6-12-23(13-7-20)27-35-24(19-37-26-5-3-4-14-30(26)33)16-25(36-27)22-10-8-21(18-31)9-11-22/h2-14,24-25,27,31H,1,15-19H2,(H,29,32)/t24-,25+,27+/m1/s1. The summed E-state index contributed by atoms with van der Waals surface area (Å²) in [5.74, 6) is 0.589. The molecule has 3 aromatic rings. The number of carbonyl (C=O) groups excluding carboxylic acids is 1. The molecule has 0 unspecified atom stereocenters. The molecule has 2 aromatic carbocycles. The first-order valence-electron chi connectivity index (χ1n) is 12.0. The van der Waals surface area contributed by atoms with Gasteiger partial charge in [-0.3, -0.25) is 0 Å². The SMILES string of the molecule is C=CCOC(=O)NCc1ccc([C@H]2O[C@@H](CSc3cccc[n+]3[O-])C[C@@H](c3ccc(CO)cc3)O2)cc1. The van der Waals surface area contributed by atoms with Gasteiger partial charge < -0.3 is 29.8 Å². The molecule has 0 aliphatic carbocycles. The topological polar surface area (TPSA) is 104 Å². The van der Waals surface area contributed by atoms with E-state index in [9.17, 15) is 15.1 Å². The zero-order valence-electron chi connectivity index (χ0n) is 20.3. The predicted octanol–water partition coefficient (Wildman–Crippen LogP) is 4.56. The van der Waals surface area contributed by atoms with E-state index in [1.54, 1.807) is 12.1 Å². The number of alkyl carbamates (subject to hydrolysis) is 1. The monoisotopic (exact) mass is 522 g/mol. The summed E-state index contributed by atoms with van der Waals surface area (Å²) >= 11 is 1.45. The molecule has 1 aliphatic rings. The maximum atomic E-state index is 12.1. The third-order valence-electron chi connectivity index (χ3n) is 5.84. The lowest BCUT2D eigenvalue weighted by Crippen LogP contribution is -2.32. The maximum absolute atomic E-state index is 12.1. The molecule has 2 N–H and O–H groups in total. The number of thioether (sulfide) groups is 1. The Morgan fingerprint density at radius 1 is 1.11 bits per heavy atom. The van der Waals surface area contributed by atoms with Crippen molar-refractivity contribution in [2.24, 2.45) is 0 Å². The van der Waals surface area contributed by atoms with E-state index in [2.05, 4.69) is 11.9 Å². The lowest BCUT2D eigenvalue weighted by molar-refractivity contribution is -0.645. The number of hydrogen-bond acceptors (Lipinski definition) is 7. The number of rotatable bonds is 10. The van der Waals surface area contributed by atoms with Crippen LogP contribution in [0.25, 0.3) is 0 Å². The van der Waals surface area contributed by atoms with E-state index in [0.29, 0.717) is 23.7 Å². The number of pyridine rings is 1. The van der Waals surface area contributed by atoms with E-state index < -0.39 is 12.4 Å². The first-order valence-corrected chi connectivity index (χ1v) is 13.0. The van der Waals surface area contributed by atoms with E-state index in [0.717, 1.165) is 27.0 Å². The van der Waals surface area contributed by atoms with E-state index in [1.165, 1.54) is 24.0 Å². The summed E-state index contributed by atoms with van der Waals surface area (Å²) in [5, 5.41) is 24.8. The number of hydrogen-bond donors (Lipinski definition) is 2. The van der Waals surface area contributed by atoms with Crippen molar-refractivity contribution >= 4 is 17.9 Å². The van der Waals surface area contributed by atoms with Crippen molar-refractivity contribution in [3.8, 4) is 0 Å². The number of aromatic nitrogens is 1. The highest BCUT2D eigenvalue weighted by Crippen LogP contribution is 2.39. The second-order valence-electron chi connectivity index (χ2n) is 8.51. The van der Waals surface area contributed by atoms with Crippen molar-refractivity contribution in [1.29, 1.82) is 0 Å². The van der Waals surface area contributed by atoms with Gasteiger partial charge in [-0.25, -0.2) is 4.79 Å². The number of nitrogens with one attached hydrogen (secondary N) is 1. The maximum Gasteiger partial charge on any atom is 0.407 e. The van der Waals surface area contributed by atoms with Crippen LogP contribution >= 0.6 is 11.8 Å². The Bertz CT molecular complexity index is 1170. The van der Waals surface area contributed by atoms with Crippen LogP contribution in [0.5, 0.6) is 0 Å². The fourth-order valence-electron chi connectivity index (χ4n) is 3.88. The molecule has 1 saturated heterocycles. The summed E-state index contributed by atoms with van der Waals surface area (Å²) < 4.78 is 18.5. The molecule has 4 rings (SSSR count). The van der Waals surface area contributed by atoms with Crippen molar-refractivity contribution in [2.45, 2.75) is 43.1 Å². The zero-order valence-corrected chi connectivity index (χ0v) is 21.1. The van der Waals surface area contributed by atoms with Gasteiger partial charge >= 0.3 is 6.09 Å². The molecule has 1 amide bonds. The average molecular weight is 523 g/mol. The van der Waals surface area contributed by atoms with Gasteiger partial charge in [-0.1, -0.05) is 72.9 Å². The predicted molar refractivity (Wildman–Crippen MR) is 139 cm³/mol. The molecule has 1 aromatic heterocycles. The van der Waals surface area contributed by atoms with Gasteiger partial charge in [0.15, 0.2) is 12.5 Å². The van der Waals surface area contributed by atoms with Crippen LogP contribution < -0.4 is 10.0 Å². The number of aliphatic hydroxyl groups is 1. The summed E-state index contributed by atoms with van der Waals surface area (Å²) in [6.07, 6.45) is 2.14. The van der Waals surface area contributed by atoms with Crippen molar-refractivity contribution in [1.82, 2.24) is 5.32 Å². The summed E-state index contributed by atoms with van der Waals surface area (Å²) in [4.78, 5) is 11.7. The number of amides is 1. The van der Waals surface area contributed by atoms with Gasteiger partial charge in [-0.15, -0.1) is 0 Å². The van der Waals surface area contributed by atoms with Gasteiger partial charge in [0.1, 0.15) is 6.61 Å². The van der Waals surface area contributed by atoms with Gasteiger partial charge in [0.05, 0.1) is 18.8 Å². The summed E-state index contributed by atoms with van der Waals surface area (Å²) in [6, 6.07) is 20.7. The van der Waals surface area contributed by atoms with Crippen LogP contribution in [0.4, 0.5) is 4.79 Å². The van der Waals surface area contributed by atoms with Gasteiger partial charge in [0.25, 0.3) is 5.03 Å². The molecular weight excluding hydrogens is 492 g/mol. The molecule has 0 bridgehead atoms. The van der Waals surface area contributed by atoms with Crippen LogP contribution in [0.2, 0.25) is 0 Å². The first-order chi connectivity index (χ1) is 18.1. The second kappa shape index (κ2) is 13.3. The largest absolute Gasteiger partial charge is 0.618 e. The van der Waals surface area contributed by atoms with E-state index in [1.807, 2.05) is 54.6 Å². The van der Waals surface area contributed by atoms with Crippen LogP contribution in [0.1, 0.15) is 41.1 Å². The normalized spacial score (nSPS) is 19.2. The highest BCUT2D eigenvalue weighted by Gasteiger charge is 2.32. The second-order valence-corrected chi connectivity index (χ2v) is 9.55.